The maximum absolute atomic E-state index is 13.6. The number of nitrogens with two attached hydrogens (primary N) is 1. The second kappa shape index (κ2) is 6.92. The summed E-state index contributed by atoms with van der Waals surface area (Å²) in [5.74, 6) is -1.92. The van der Waals surface area contributed by atoms with Gasteiger partial charge in [0, 0.05) is 45.5 Å². The van der Waals surface area contributed by atoms with Crippen molar-refractivity contribution in [3.63, 3.8) is 0 Å². The van der Waals surface area contributed by atoms with E-state index in [1.807, 2.05) is 36.4 Å². The Morgan fingerprint density at radius 2 is 1.77 bits per heavy atom. The minimum Gasteiger partial charge on any atom is -0.354 e. The zero-order valence-electron chi connectivity index (χ0n) is 16.3. The van der Waals surface area contributed by atoms with Crippen LogP contribution in [0.25, 0.3) is 21.8 Å². The van der Waals surface area contributed by atoms with E-state index in [2.05, 4.69) is 10.3 Å². The monoisotopic (exact) mass is 405 g/mol. The lowest BCUT2D eigenvalue weighted by atomic mass is 9.72. The van der Waals surface area contributed by atoms with Crippen LogP contribution in [0.4, 0.5) is 8.78 Å². The Balaban J connectivity index is 1.35. The summed E-state index contributed by atoms with van der Waals surface area (Å²) in [5.41, 5.74) is 9.84. The average Bonchev–Trinajstić information content (AvgIpc) is 3.07. The minimum absolute atomic E-state index is 0.166. The Kier molecular flexibility index (Phi) is 4.33. The molecule has 1 aliphatic carbocycles. The summed E-state index contributed by atoms with van der Waals surface area (Å²) in [6.45, 7) is 0.338. The molecule has 0 atom stereocenters. The van der Waals surface area contributed by atoms with Gasteiger partial charge in [-0.15, -0.1) is 0 Å². The minimum atomic E-state index is -0.884. The van der Waals surface area contributed by atoms with Gasteiger partial charge in [-0.3, -0.25) is 4.79 Å². The molecule has 1 aromatic heterocycles. The number of hydrogen-bond donors (Lipinski definition) is 3. The fraction of sp³-hybridized carbons (Fsp3) is 0.208. The van der Waals surface area contributed by atoms with Crippen LogP contribution in [-0.2, 0) is 12.1 Å². The summed E-state index contributed by atoms with van der Waals surface area (Å²) in [6, 6.07) is 15.5. The summed E-state index contributed by atoms with van der Waals surface area (Å²) >= 11 is 0. The molecule has 1 amide bonds. The maximum Gasteiger partial charge on any atom is 0.251 e. The highest BCUT2D eigenvalue weighted by Gasteiger charge is 2.34. The zero-order chi connectivity index (χ0) is 20.9. The topological polar surface area (TPSA) is 70.9 Å². The van der Waals surface area contributed by atoms with Crippen LogP contribution in [-0.4, -0.2) is 10.9 Å². The second-order valence-electron chi connectivity index (χ2n) is 8.09. The highest BCUT2D eigenvalue weighted by atomic mass is 19.2. The number of fused-ring (bicyclic) bond motifs is 3. The number of H-pyrrole nitrogens is 1. The van der Waals surface area contributed by atoms with Gasteiger partial charge in [-0.1, -0.05) is 24.3 Å². The van der Waals surface area contributed by atoms with Crippen molar-refractivity contribution in [3.8, 4) is 0 Å². The van der Waals surface area contributed by atoms with E-state index in [0.717, 1.165) is 47.4 Å². The molecule has 0 saturated heterocycles. The number of rotatable bonds is 4. The summed E-state index contributed by atoms with van der Waals surface area (Å²) < 4.78 is 27.1. The van der Waals surface area contributed by atoms with E-state index in [1.165, 1.54) is 6.07 Å². The second-order valence-corrected chi connectivity index (χ2v) is 8.09. The number of nitrogens with one attached hydrogen (secondary N) is 2. The van der Waals surface area contributed by atoms with E-state index in [4.69, 9.17) is 5.73 Å². The van der Waals surface area contributed by atoms with E-state index in [-0.39, 0.29) is 11.4 Å². The van der Waals surface area contributed by atoms with Crippen LogP contribution in [0.1, 0.15) is 40.7 Å². The van der Waals surface area contributed by atoms with Crippen molar-refractivity contribution in [1.82, 2.24) is 10.3 Å². The molecule has 3 aromatic carbocycles. The Morgan fingerprint density at radius 3 is 2.53 bits per heavy atom. The van der Waals surface area contributed by atoms with Gasteiger partial charge in [-0.05, 0) is 54.7 Å². The highest BCUT2D eigenvalue weighted by molar-refractivity contribution is 6.07. The third-order valence-electron chi connectivity index (χ3n) is 6.10. The van der Waals surface area contributed by atoms with Crippen LogP contribution in [0, 0.1) is 11.6 Å². The van der Waals surface area contributed by atoms with Gasteiger partial charge in [0.15, 0.2) is 11.6 Å². The van der Waals surface area contributed by atoms with Gasteiger partial charge in [0.2, 0.25) is 0 Å². The third-order valence-corrected chi connectivity index (χ3v) is 6.10. The number of aromatic amines is 1. The number of carbonyl (C=O) groups excluding carboxylic acids is 1. The number of aromatic nitrogens is 1. The lowest BCUT2D eigenvalue weighted by molar-refractivity contribution is 0.0950. The van der Waals surface area contributed by atoms with Gasteiger partial charge in [0.1, 0.15) is 0 Å². The van der Waals surface area contributed by atoms with E-state index in [0.29, 0.717) is 23.0 Å². The molecule has 30 heavy (non-hydrogen) atoms. The number of carbonyl (C=O) groups is 1. The largest absolute Gasteiger partial charge is 0.354 e. The molecule has 0 unspecified atom stereocenters. The molecule has 152 valence electrons. The lowest BCUT2D eigenvalue weighted by Crippen LogP contribution is -2.43. The fourth-order valence-electron chi connectivity index (χ4n) is 4.16. The lowest BCUT2D eigenvalue weighted by Gasteiger charge is -2.38. The van der Waals surface area contributed by atoms with Crippen molar-refractivity contribution in [1.29, 1.82) is 0 Å². The van der Waals surface area contributed by atoms with Crippen molar-refractivity contribution in [2.24, 2.45) is 5.73 Å². The van der Waals surface area contributed by atoms with E-state index < -0.39 is 11.6 Å². The normalized spacial score (nSPS) is 15.3. The Hall–Kier alpha value is -3.25. The van der Waals surface area contributed by atoms with Gasteiger partial charge in [0.25, 0.3) is 5.91 Å². The highest BCUT2D eigenvalue weighted by Crippen LogP contribution is 2.38. The number of hydrogen-bond acceptors (Lipinski definition) is 2. The van der Waals surface area contributed by atoms with Gasteiger partial charge in [-0.2, -0.15) is 0 Å². The molecule has 6 heteroatoms. The Bertz CT molecular complexity index is 1290. The first kappa shape index (κ1) is 18.8. The molecule has 0 spiro atoms. The van der Waals surface area contributed by atoms with E-state index in [9.17, 15) is 13.6 Å². The predicted molar refractivity (Wildman–Crippen MR) is 113 cm³/mol. The molecule has 1 saturated carbocycles. The van der Waals surface area contributed by atoms with Crippen molar-refractivity contribution in [2.75, 3.05) is 0 Å². The quantitative estimate of drug-likeness (QED) is 0.453. The van der Waals surface area contributed by atoms with Gasteiger partial charge in [-0.25, -0.2) is 8.78 Å². The number of halogens is 2. The predicted octanol–water partition coefficient (Wildman–Crippen LogP) is 4.87. The third kappa shape index (κ3) is 3.13. The van der Waals surface area contributed by atoms with Gasteiger partial charge >= 0.3 is 0 Å². The standard InChI is InChI=1S/C24H21F2N3O/c25-19-11-18-17-6-5-14(9-21(17)29-22(18)12-20(19)26)13-28-23(30)15-3-1-4-16(10-15)24(27)7-2-8-24/h1,3-6,9-12,29H,2,7-8,13,27H2,(H,28,30). The molecular weight excluding hydrogens is 384 g/mol. The van der Waals surface area contributed by atoms with E-state index in [1.54, 1.807) is 6.07 Å². The molecular formula is C24H21F2N3O. The molecule has 1 aliphatic rings. The number of amides is 1. The molecule has 1 fully saturated rings. The number of benzene rings is 3. The molecule has 0 radical (unpaired) electrons. The first-order valence-electron chi connectivity index (χ1n) is 10.00. The average molecular weight is 405 g/mol. The summed E-state index contributed by atoms with van der Waals surface area (Å²) in [4.78, 5) is 15.7. The zero-order valence-corrected chi connectivity index (χ0v) is 16.3. The first-order valence-corrected chi connectivity index (χ1v) is 10.00. The SMILES string of the molecule is NC1(c2cccc(C(=O)NCc3ccc4c(c3)[nH]c3cc(F)c(F)cc34)c2)CCC1. The van der Waals surface area contributed by atoms with Crippen molar-refractivity contribution in [3.05, 3.63) is 82.9 Å². The summed E-state index contributed by atoms with van der Waals surface area (Å²) in [5, 5.41) is 4.37. The van der Waals surface area contributed by atoms with E-state index >= 15 is 0 Å². The van der Waals surface area contributed by atoms with Crippen molar-refractivity contribution in [2.45, 2.75) is 31.3 Å². The molecule has 5 rings (SSSR count). The smallest absolute Gasteiger partial charge is 0.251 e. The molecule has 4 N–H and O–H groups in total. The van der Waals surface area contributed by atoms with Crippen molar-refractivity contribution < 1.29 is 13.6 Å². The molecule has 1 heterocycles. The van der Waals surface area contributed by atoms with Crippen LogP contribution >= 0.6 is 0 Å². The molecule has 0 bridgehead atoms. The van der Waals surface area contributed by atoms with Crippen LogP contribution in [0.15, 0.2) is 54.6 Å². The fourth-order valence-corrected chi connectivity index (χ4v) is 4.16. The molecule has 4 aromatic rings. The van der Waals surface area contributed by atoms with Crippen LogP contribution < -0.4 is 11.1 Å². The van der Waals surface area contributed by atoms with Crippen LogP contribution in [0.2, 0.25) is 0 Å². The van der Waals surface area contributed by atoms with Gasteiger partial charge < -0.3 is 16.0 Å². The van der Waals surface area contributed by atoms with Crippen LogP contribution in [0.5, 0.6) is 0 Å². The van der Waals surface area contributed by atoms with Crippen LogP contribution in [0.3, 0.4) is 0 Å². The van der Waals surface area contributed by atoms with Gasteiger partial charge in [0.05, 0.1) is 0 Å². The molecule has 0 aliphatic heterocycles. The summed E-state index contributed by atoms with van der Waals surface area (Å²) in [6.07, 6.45) is 3.00. The maximum atomic E-state index is 13.6. The first-order chi connectivity index (χ1) is 14.4. The Labute approximate surface area is 172 Å². The van der Waals surface area contributed by atoms with Crippen molar-refractivity contribution >= 4 is 27.7 Å². The molecule has 4 nitrogen and oxygen atoms in total. The Morgan fingerprint density at radius 1 is 1.00 bits per heavy atom. The summed E-state index contributed by atoms with van der Waals surface area (Å²) in [7, 11) is 0.